The molecule has 152 valence electrons. The second kappa shape index (κ2) is 10.3. The minimum absolute atomic E-state index is 0.0428. The van der Waals surface area contributed by atoms with Crippen molar-refractivity contribution in [1.29, 1.82) is 0 Å². The Hall–Kier alpha value is -2.34. The number of nitrogens with one attached hydrogen (secondary N) is 1. The molecule has 0 bridgehead atoms. The monoisotopic (exact) mass is 402 g/mol. The topological polar surface area (TPSA) is 66.5 Å². The molecule has 0 aliphatic carbocycles. The molecule has 0 aromatic heterocycles. The van der Waals surface area contributed by atoms with E-state index in [1.165, 1.54) is 16.1 Å². The van der Waals surface area contributed by atoms with Crippen LogP contribution in [0.1, 0.15) is 37.3 Å². The van der Waals surface area contributed by atoms with Crippen molar-refractivity contribution in [2.75, 3.05) is 17.1 Å². The van der Waals surface area contributed by atoms with E-state index < -0.39 is 10.0 Å². The van der Waals surface area contributed by atoms with Crippen LogP contribution in [0, 0.1) is 6.92 Å². The van der Waals surface area contributed by atoms with E-state index in [9.17, 15) is 13.2 Å². The molecule has 0 fully saturated rings. The van der Waals surface area contributed by atoms with Gasteiger partial charge in [-0.1, -0.05) is 48.5 Å². The van der Waals surface area contributed by atoms with Crippen molar-refractivity contribution >= 4 is 21.6 Å². The van der Waals surface area contributed by atoms with Gasteiger partial charge in [0.25, 0.3) is 0 Å². The first-order valence-corrected chi connectivity index (χ1v) is 11.5. The fourth-order valence-electron chi connectivity index (χ4n) is 3.14. The van der Waals surface area contributed by atoms with Gasteiger partial charge in [0.15, 0.2) is 0 Å². The van der Waals surface area contributed by atoms with Gasteiger partial charge in [-0.05, 0) is 50.3 Å². The molecule has 0 saturated heterocycles. The van der Waals surface area contributed by atoms with Crippen molar-refractivity contribution in [3.63, 3.8) is 0 Å². The average Bonchev–Trinajstić information content (AvgIpc) is 2.64. The van der Waals surface area contributed by atoms with Gasteiger partial charge < -0.3 is 5.32 Å². The molecule has 1 amide bonds. The highest BCUT2D eigenvalue weighted by Gasteiger charge is 2.19. The zero-order valence-electron chi connectivity index (χ0n) is 16.9. The molecule has 0 aliphatic rings. The van der Waals surface area contributed by atoms with E-state index in [4.69, 9.17) is 0 Å². The Morgan fingerprint density at radius 2 is 1.71 bits per heavy atom. The highest BCUT2D eigenvalue weighted by atomic mass is 32.2. The number of para-hydroxylation sites is 1. The highest BCUT2D eigenvalue weighted by Crippen LogP contribution is 2.22. The zero-order chi connectivity index (χ0) is 20.6. The maximum absolute atomic E-state index is 12.2. The molecule has 0 radical (unpaired) electrons. The van der Waals surface area contributed by atoms with Gasteiger partial charge in [0, 0.05) is 19.0 Å². The molecule has 2 aromatic rings. The standard InChI is InChI=1S/C22H30N2O3S/c1-18-10-7-8-13-21(18)24(28(3,26)27)17-9-14-22(25)23-19(2)15-16-20-11-5-4-6-12-20/h4-8,10-13,19H,9,14-17H2,1-3H3,(H,23,25)/t19-/m0/s1. The van der Waals surface area contributed by atoms with E-state index in [1.54, 1.807) is 6.07 Å². The van der Waals surface area contributed by atoms with E-state index in [1.807, 2.05) is 50.2 Å². The summed E-state index contributed by atoms with van der Waals surface area (Å²) in [6.07, 6.45) is 3.75. The fraction of sp³-hybridized carbons (Fsp3) is 0.409. The lowest BCUT2D eigenvalue weighted by Gasteiger charge is -2.24. The van der Waals surface area contributed by atoms with Gasteiger partial charge in [-0.25, -0.2) is 8.42 Å². The van der Waals surface area contributed by atoms with Crippen LogP contribution in [0.4, 0.5) is 5.69 Å². The zero-order valence-corrected chi connectivity index (χ0v) is 17.7. The maximum Gasteiger partial charge on any atom is 0.232 e. The van der Waals surface area contributed by atoms with Crippen molar-refractivity contribution in [2.45, 2.75) is 45.6 Å². The summed E-state index contributed by atoms with van der Waals surface area (Å²) in [5, 5.41) is 3.01. The molecule has 1 atom stereocenters. The first-order chi connectivity index (χ1) is 13.3. The number of carbonyl (C=O) groups excluding carboxylic acids is 1. The number of hydrogen-bond acceptors (Lipinski definition) is 3. The lowest BCUT2D eigenvalue weighted by Crippen LogP contribution is -2.35. The summed E-state index contributed by atoms with van der Waals surface area (Å²) in [6.45, 7) is 4.17. The molecule has 6 heteroatoms. The van der Waals surface area contributed by atoms with Gasteiger partial charge in [0.1, 0.15) is 0 Å². The second-order valence-electron chi connectivity index (χ2n) is 7.22. The Labute approximate surface area is 168 Å². The summed E-state index contributed by atoms with van der Waals surface area (Å²) < 4.78 is 25.7. The summed E-state index contributed by atoms with van der Waals surface area (Å²) in [5.74, 6) is -0.0428. The average molecular weight is 403 g/mol. The first-order valence-electron chi connectivity index (χ1n) is 9.64. The van der Waals surface area contributed by atoms with Crippen molar-refractivity contribution in [2.24, 2.45) is 0 Å². The normalized spacial score (nSPS) is 12.4. The van der Waals surface area contributed by atoms with Gasteiger partial charge in [-0.15, -0.1) is 0 Å². The Kier molecular flexibility index (Phi) is 8.05. The number of amides is 1. The quantitative estimate of drug-likeness (QED) is 0.659. The van der Waals surface area contributed by atoms with E-state index in [-0.39, 0.29) is 18.5 Å². The van der Waals surface area contributed by atoms with Gasteiger partial charge in [-0.3, -0.25) is 9.10 Å². The number of nitrogens with zero attached hydrogens (tertiary/aromatic N) is 1. The van der Waals surface area contributed by atoms with Crippen LogP contribution in [0.5, 0.6) is 0 Å². The molecule has 1 N–H and O–H groups in total. The molecule has 0 saturated carbocycles. The Bertz CT molecular complexity index is 866. The van der Waals surface area contributed by atoms with E-state index in [2.05, 4.69) is 17.4 Å². The predicted octanol–water partition coefficient (Wildman–Crippen LogP) is 3.68. The van der Waals surface area contributed by atoms with Crippen molar-refractivity contribution in [3.8, 4) is 0 Å². The van der Waals surface area contributed by atoms with Crippen LogP contribution in [0.2, 0.25) is 0 Å². The number of carbonyl (C=O) groups is 1. The number of rotatable bonds is 10. The summed E-state index contributed by atoms with van der Waals surface area (Å²) in [6, 6.07) is 17.6. The van der Waals surface area contributed by atoms with Crippen molar-refractivity contribution in [1.82, 2.24) is 5.32 Å². The third-order valence-electron chi connectivity index (χ3n) is 4.67. The van der Waals surface area contributed by atoms with Gasteiger partial charge >= 0.3 is 0 Å². The van der Waals surface area contributed by atoms with Gasteiger partial charge in [0.05, 0.1) is 11.9 Å². The molecule has 0 heterocycles. The van der Waals surface area contributed by atoms with E-state index in [0.717, 1.165) is 18.4 Å². The van der Waals surface area contributed by atoms with Crippen molar-refractivity contribution in [3.05, 3.63) is 65.7 Å². The van der Waals surface area contributed by atoms with Gasteiger partial charge in [-0.2, -0.15) is 0 Å². The SMILES string of the molecule is Cc1ccccc1N(CCCC(=O)N[C@@H](C)CCc1ccccc1)S(C)(=O)=O. The van der Waals surface area contributed by atoms with Crippen LogP contribution in [-0.4, -0.2) is 33.2 Å². The Balaban J connectivity index is 1.81. The largest absolute Gasteiger partial charge is 0.354 e. The molecule has 5 nitrogen and oxygen atoms in total. The third-order valence-corrected chi connectivity index (χ3v) is 5.85. The summed E-state index contributed by atoms with van der Waals surface area (Å²) in [7, 11) is -3.40. The van der Waals surface area contributed by atoms with E-state index >= 15 is 0 Å². The van der Waals surface area contributed by atoms with Gasteiger partial charge in [0.2, 0.25) is 15.9 Å². The third kappa shape index (κ3) is 7.00. The van der Waals surface area contributed by atoms with Crippen LogP contribution in [0.3, 0.4) is 0 Å². The summed E-state index contributed by atoms with van der Waals surface area (Å²) in [4.78, 5) is 12.2. The number of hydrogen-bond donors (Lipinski definition) is 1. The number of aryl methyl sites for hydroxylation is 2. The first kappa shape index (κ1) is 22.0. The van der Waals surface area contributed by atoms with Crippen LogP contribution >= 0.6 is 0 Å². The number of sulfonamides is 1. The minimum atomic E-state index is -3.40. The lowest BCUT2D eigenvalue weighted by atomic mass is 10.1. The molecule has 0 aliphatic heterocycles. The Morgan fingerprint density at radius 3 is 2.36 bits per heavy atom. The molecule has 2 aromatic carbocycles. The lowest BCUT2D eigenvalue weighted by molar-refractivity contribution is -0.121. The number of anilines is 1. The molecule has 0 spiro atoms. The van der Waals surface area contributed by atoms with Crippen LogP contribution < -0.4 is 9.62 Å². The van der Waals surface area contributed by atoms with Crippen LogP contribution in [-0.2, 0) is 21.2 Å². The fourth-order valence-corrected chi connectivity index (χ4v) is 4.16. The maximum atomic E-state index is 12.2. The van der Waals surface area contributed by atoms with Crippen LogP contribution in [0.25, 0.3) is 0 Å². The minimum Gasteiger partial charge on any atom is -0.354 e. The molecule has 2 rings (SSSR count). The Morgan fingerprint density at radius 1 is 1.07 bits per heavy atom. The number of benzene rings is 2. The smallest absolute Gasteiger partial charge is 0.232 e. The van der Waals surface area contributed by atoms with Crippen molar-refractivity contribution < 1.29 is 13.2 Å². The summed E-state index contributed by atoms with van der Waals surface area (Å²) >= 11 is 0. The molecular weight excluding hydrogens is 372 g/mol. The predicted molar refractivity (Wildman–Crippen MR) is 115 cm³/mol. The molecule has 0 unspecified atom stereocenters. The van der Waals surface area contributed by atoms with Crippen LogP contribution in [0.15, 0.2) is 54.6 Å². The highest BCUT2D eigenvalue weighted by molar-refractivity contribution is 7.92. The summed E-state index contributed by atoms with van der Waals surface area (Å²) in [5.41, 5.74) is 2.82. The molecular formula is C22H30N2O3S. The van der Waals surface area contributed by atoms with E-state index in [0.29, 0.717) is 18.5 Å². The second-order valence-corrected chi connectivity index (χ2v) is 9.12. The molecule has 28 heavy (non-hydrogen) atoms.